The van der Waals surface area contributed by atoms with Gasteiger partial charge in [-0.05, 0) is 29.7 Å². The van der Waals surface area contributed by atoms with E-state index in [9.17, 15) is 34.2 Å². The molecule has 9 N–H and O–H groups in total. The molecule has 0 aliphatic heterocycles. The predicted octanol–water partition coefficient (Wildman–Crippen LogP) is 1.56. The predicted molar refractivity (Wildman–Crippen MR) is 146 cm³/mol. The lowest BCUT2D eigenvalue weighted by Gasteiger charge is -2.13. The quantitative estimate of drug-likeness (QED) is 0.107. The zero-order chi connectivity index (χ0) is 30.6. The van der Waals surface area contributed by atoms with Gasteiger partial charge in [0.25, 0.3) is 30.4 Å². The maximum atomic E-state index is 14.1. The van der Waals surface area contributed by atoms with Crippen LogP contribution in [0.4, 0.5) is 33.3 Å². The normalized spacial score (nSPS) is 11.9. The molecule has 220 valence electrons. The summed E-state index contributed by atoms with van der Waals surface area (Å²) in [5, 5.41) is 5.92. The highest BCUT2D eigenvalue weighted by molar-refractivity contribution is 7.86. The summed E-state index contributed by atoms with van der Waals surface area (Å²) >= 11 is 0. The molecule has 4 rings (SSSR count). The van der Waals surface area contributed by atoms with Gasteiger partial charge in [0.2, 0.25) is 11.9 Å². The number of nitrogens with two attached hydrogens (primary N) is 2. The van der Waals surface area contributed by atoms with Crippen LogP contribution >= 0.6 is 0 Å². The molecule has 0 spiro atoms. The summed E-state index contributed by atoms with van der Waals surface area (Å²) < 4.78 is 107. The molecule has 0 fully saturated rings. The summed E-state index contributed by atoms with van der Waals surface area (Å²) in [4.78, 5) is 9.95. The summed E-state index contributed by atoms with van der Waals surface area (Å²) in [5.74, 6) is -1.08. The fraction of sp³-hybridized carbons (Fsp3) is 0.0952. The van der Waals surface area contributed by atoms with Crippen LogP contribution in [0, 0.1) is 6.08 Å². The number of nitrogen functional groups attached to an aromatic ring is 1. The van der Waals surface area contributed by atoms with Crippen LogP contribution in [0.1, 0.15) is 0 Å². The molecule has 0 unspecified atom stereocenters. The van der Waals surface area contributed by atoms with E-state index in [1.165, 1.54) is 18.2 Å². The fourth-order valence-corrected chi connectivity index (χ4v) is 5.10. The first-order valence-corrected chi connectivity index (χ1v) is 15.4. The molecule has 1 heterocycles. The van der Waals surface area contributed by atoms with E-state index < -0.39 is 52.2 Å². The standard InChI is InChI=1S/C19H15FN6O6S2.C2H7NO3S/c20-17-24-18(22-11-6-8-15(13(21)9-11)33(27,28)29)26-19(25-17)23-14-7-5-10-3-1-2-4-12(10)16(14)34(30,31)32;3-1-2-7(4,5)6/h1-9H,21H2,(H,27,28,29)(H,30,31,32)(H2,22,23,24,25,26);1-3H2,(H,4,5,6). The largest absolute Gasteiger partial charge is 0.398 e. The molecule has 16 nitrogen and oxygen atoms in total. The first-order valence-electron chi connectivity index (χ1n) is 10.9. The Kier molecular flexibility index (Phi) is 9.38. The van der Waals surface area contributed by atoms with Crippen LogP contribution < -0.4 is 22.1 Å². The van der Waals surface area contributed by atoms with Crippen molar-refractivity contribution in [2.75, 3.05) is 28.7 Å². The third-order valence-electron chi connectivity index (χ3n) is 4.91. The van der Waals surface area contributed by atoms with Gasteiger partial charge in [-0.1, -0.05) is 30.3 Å². The Morgan fingerprint density at radius 1 is 0.805 bits per heavy atom. The Morgan fingerprint density at radius 3 is 1.98 bits per heavy atom. The van der Waals surface area contributed by atoms with E-state index in [4.69, 9.17) is 20.6 Å². The third-order valence-corrected chi connectivity index (χ3v) is 7.55. The summed E-state index contributed by atoms with van der Waals surface area (Å²) in [5.41, 5.74) is 10.2. The van der Waals surface area contributed by atoms with Crippen molar-refractivity contribution >= 4 is 70.1 Å². The van der Waals surface area contributed by atoms with Crippen molar-refractivity contribution in [1.82, 2.24) is 15.0 Å². The lowest BCUT2D eigenvalue weighted by Crippen LogP contribution is -2.13. The van der Waals surface area contributed by atoms with Gasteiger partial charge >= 0.3 is 6.08 Å². The molecule has 0 aliphatic rings. The van der Waals surface area contributed by atoms with Crippen LogP contribution in [-0.4, -0.2) is 66.2 Å². The van der Waals surface area contributed by atoms with Crippen LogP contribution in [0.5, 0.6) is 0 Å². The van der Waals surface area contributed by atoms with Gasteiger partial charge in [0.15, 0.2) is 0 Å². The first-order chi connectivity index (χ1) is 19.0. The molecule has 0 bridgehead atoms. The average molecular weight is 632 g/mol. The minimum absolute atomic E-state index is 0.0289. The number of nitrogens with zero attached hydrogens (tertiary/aromatic N) is 3. The lowest BCUT2D eigenvalue weighted by atomic mass is 10.1. The summed E-state index contributed by atoms with van der Waals surface area (Å²) in [6.45, 7) is -0.0289. The third kappa shape index (κ3) is 8.72. The highest BCUT2D eigenvalue weighted by atomic mass is 32.2. The van der Waals surface area contributed by atoms with Gasteiger partial charge < -0.3 is 22.1 Å². The molecule has 3 aromatic carbocycles. The van der Waals surface area contributed by atoms with E-state index in [2.05, 4.69) is 25.6 Å². The molecular weight excluding hydrogens is 609 g/mol. The minimum atomic E-state index is -4.70. The van der Waals surface area contributed by atoms with Crippen LogP contribution in [-0.2, 0) is 30.4 Å². The zero-order valence-electron chi connectivity index (χ0n) is 20.5. The molecule has 4 aromatic rings. The highest BCUT2D eigenvalue weighted by Crippen LogP contribution is 2.32. The molecule has 0 radical (unpaired) electrons. The van der Waals surface area contributed by atoms with E-state index in [-0.39, 0.29) is 40.7 Å². The molecule has 41 heavy (non-hydrogen) atoms. The molecule has 0 amide bonds. The van der Waals surface area contributed by atoms with Gasteiger partial charge in [-0.15, -0.1) is 0 Å². The molecule has 1 aromatic heterocycles. The van der Waals surface area contributed by atoms with E-state index in [1.807, 2.05) is 0 Å². The second-order valence-corrected chi connectivity index (χ2v) is 12.3. The minimum Gasteiger partial charge on any atom is -0.398 e. The van der Waals surface area contributed by atoms with E-state index in [1.54, 1.807) is 24.3 Å². The lowest BCUT2D eigenvalue weighted by molar-refractivity contribution is 0.481. The van der Waals surface area contributed by atoms with Crippen molar-refractivity contribution in [3.05, 3.63) is 60.7 Å². The van der Waals surface area contributed by atoms with Crippen LogP contribution in [0.3, 0.4) is 0 Å². The fourth-order valence-electron chi connectivity index (χ4n) is 3.34. The molecule has 0 atom stereocenters. The number of benzene rings is 3. The maximum Gasteiger partial charge on any atom is 0.315 e. The number of aromatic nitrogens is 3. The average Bonchev–Trinajstić information content (AvgIpc) is 2.81. The maximum absolute atomic E-state index is 14.1. The van der Waals surface area contributed by atoms with Gasteiger partial charge in [-0.2, -0.15) is 44.6 Å². The van der Waals surface area contributed by atoms with E-state index in [0.717, 1.165) is 12.1 Å². The molecule has 0 aliphatic carbocycles. The van der Waals surface area contributed by atoms with Gasteiger partial charge in [0, 0.05) is 17.6 Å². The number of anilines is 5. The van der Waals surface area contributed by atoms with Crippen LogP contribution in [0.25, 0.3) is 10.8 Å². The first kappa shape index (κ1) is 31.5. The Labute approximate surface area is 232 Å². The van der Waals surface area contributed by atoms with Crippen molar-refractivity contribution in [2.45, 2.75) is 9.79 Å². The Hall–Kier alpha value is -4.05. The number of rotatable bonds is 8. The topological polar surface area (TPSA) is 278 Å². The second kappa shape index (κ2) is 12.2. The molecule has 20 heteroatoms. The van der Waals surface area contributed by atoms with Gasteiger partial charge in [0.05, 0.1) is 17.1 Å². The van der Waals surface area contributed by atoms with Crippen molar-refractivity contribution in [2.24, 2.45) is 5.73 Å². The molecule has 0 saturated carbocycles. The van der Waals surface area contributed by atoms with Crippen molar-refractivity contribution < 1.29 is 43.3 Å². The van der Waals surface area contributed by atoms with Crippen LogP contribution in [0.15, 0.2) is 64.4 Å². The molecular formula is C21H22FN7O9S3. The number of hydrogen-bond acceptors (Lipinski definition) is 13. The zero-order valence-corrected chi connectivity index (χ0v) is 23.0. The Balaban J connectivity index is 0.000000587. The van der Waals surface area contributed by atoms with Gasteiger partial charge in [-0.25, -0.2) is 0 Å². The monoisotopic (exact) mass is 631 g/mol. The number of halogens is 1. The van der Waals surface area contributed by atoms with Crippen molar-refractivity contribution in [3.63, 3.8) is 0 Å². The smallest absolute Gasteiger partial charge is 0.315 e. The number of fused-ring (bicyclic) bond motifs is 1. The number of nitrogens with one attached hydrogen (secondary N) is 2. The van der Waals surface area contributed by atoms with Crippen molar-refractivity contribution in [3.8, 4) is 0 Å². The highest BCUT2D eigenvalue weighted by Gasteiger charge is 2.21. The Bertz CT molecular complexity index is 1920. The summed E-state index contributed by atoms with van der Waals surface area (Å²) in [6.07, 6.45) is -1.23. The second-order valence-electron chi connectivity index (χ2n) is 7.94. The van der Waals surface area contributed by atoms with E-state index in [0.29, 0.717) is 5.39 Å². The summed E-state index contributed by atoms with van der Waals surface area (Å²) in [7, 11) is -13.0. The van der Waals surface area contributed by atoms with Crippen LogP contribution in [0.2, 0.25) is 0 Å². The van der Waals surface area contributed by atoms with Crippen molar-refractivity contribution in [1.29, 1.82) is 0 Å². The van der Waals surface area contributed by atoms with E-state index >= 15 is 0 Å². The number of hydrogen-bond donors (Lipinski definition) is 7. The SMILES string of the molecule is NCCS(=O)(=O)O.Nc1cc(Nc2nc(F)nc(Nc3ccc4ccccc4c3S(=O)(=O)O)n2)ccc1S(=O)(=O)O. The molecule has 0 saturated heterocycles. The Morgan fingerprint density at radius 2 is 1.44 bits per heavy atom. The summed E-state index contributed by atoms with van der Waals surface area (Å²) in [6, 6.07) is 12.8. The van der Waals surface area contributed by atoms with Gasteiger partial charge in [-0.3, -0.25) is 13.7 Å². The van der Waals surface area contributed by atoms with Gasteiger partial charge in [0.1, 0.15) is 9.79 Å².